The van der Waals surface area contributed by atoms with Crippen molar-refractivity contribution in [2.24, 2.45) is 0 Å². The zero-order valence-corrected chi connectivity index (χ0v) is 20.0. The molecule has 184 valence electrons. The van der Waals surface area contributed by atoms with E-state index in [0.717, 1.165) is 42.5 Å². The quantitative estimate of drug-likeness (QED) is 0.307. The summed E-state index contributed by atoms with van der Waals surface area (Å²) in [5.74, 6) is 1.54. The van der Waals surface area contributed by atoms with Gasteiger partial charge in [-0.2, -0.15) is 0 Å². The van der Waals surface area contributed by atoms with E-state index in [-0.39, 0.29) is 11.8 Å². The molecule has 9 nitrogen and oxygen atoms in total. The van der Waals surface area contributed by atoms with E-state index >= 15 is 0 Å². The Morgan fingerprint density at radius 1 is 1.12 bits per heavy atom. The Labute approximate surface area is 200 Å². The molecule has 4 rings (SSSR count). The van der Waals surface area contributed by atoms with Gasteiger partial charge in [0.05, 0.1) is 6.07 Å². The Morgan fingerprint density at radius 3 is 2.53 bits per heavy atom. The number of hydrogen-bond donors (Lipinski definition) is 4. The van der Waals surface area contributed by atoms with Crippen molar-refractivity contribution >= 4 is 28.4 Å². The lowest BCUT2D eigenvalue weighted by molar-refractivity contribution is -0.576. The molecule has 3 aromatic rings. The number of nitrogens with two attached hydrogens (primary N) is 2. The first-order chi connectivity index (χ1) is 16.3. The van der Waals surface area contributed by atoms with Crippen molar-refractivity contribution in [3.8, 4) is 5.75 Å². The second-order valence-electron chi connectivity index (χ2n) is 8.74. The molecule has 0 radical (unpaired) electrons. The normalized spacial score (nSPS) is 14.5. The van der Waals surface area contributed by atoms with Crippen LogP contribution in [-0.2, 0) is 0 Å². The lowest BCUT2D eigenvalue weighted by Crippen LogP contribution is -2.38. The van der Waals surface area contributed by atoms with Crippen LogP contribution in [-0.4, -0.2) is 48.5 Å². The highest BCUT2D eigenvalue weighted by Crippen LogP contribution is 2.25. The van der Waals surface area contributed by atoms with Crippen LogP contribution < -0.4 is 31.2 Å². The van der Waals surface area contributed by atoms with Gasteiger partial charge >= 0.3 is 5.95 Å². The second-order valence-corrected chi connectivity index (χ2v) is 8.74. The molecule has 1 aliphatic heterocycles. The van der Waals surface area contributed by atoms with Crippen LogP contribution in [0.25, 0.3) is 10.8 Å². The number of nitrogens with zero attached hydrogens (tertiary/aromatic N) is 3. The first-order valence-electron chi connectivity index (χ1n) is 11.8. The van der Waals surface area contributed by atoms with Crippen LogP contribution in [0.4, 0.5) is 17.6 Å². The Balaban J connectivity index is 0.000000196. The van der Waals surface area contributed by atoms with Crippen LogP contribution in [0.3, 0.4) is 0 Å². The smallest absolute Gasteiger partial charge is 0.346 e. The van der Waals surface area contributed by atoms with Crippen LogP contribution in [0, 0.1) is 5.21 Å². The number of aliphatic hydroxyl groups is 1. The standard InChI is InChI=1S/C16H21NO2.C9H15N5O/c1-12(2)17-10-14(18)11-19-16-9-5-7-13-6-3-4-8-15(13)16;10-7-6-8(12-9(11)14(7)15)13-4-2-1-3-5-13/h3-9,12,14,17-18H,10-11H2,1-2H3;6H,1-5,10H2,(H2,11,12). The maximum Gasteiger partial charge on any atom is 0.346 e. The fourth-order valence-electron chi connectivity index (χ4n) is 3.74. The number of nitrogen functional groups attached to an aromatic ring is 2. The fraction of sp³-hybridized carbons (Fsp3) is 0.440. The summed E-state index contributed by atoms with van der Waals surface area (Å²) in [7, 11) is 0. The van der Waals surface area contributed by atoms with Gasteiger partial charge in [-0.25, -0.2) is 4.73 Å². The molecule has 1 unspecified atom stereocenters. The lowest BCUT2D eigenvalue weighted by atomic mass is 10.1. The summed E-state index contributed by atoms with van der Waals surface area (Å²) in [5, 5.41) is 26.4. The summed E-state index contributed by atoms with van der Waals surface area (Å²) in [6.07, 6.45) is 3.04. The van der Waals surface area contributed by atoms with E-state index in [0.29, 0.717) is 29.7 Å². The topological polar surface area (TPSA) is 137 Å². The Morgan fingerprint density at radius 2 is 1.82 bits per heavy atom. The molecule has 1 atom stereocenters. The third-order valence-electron chi connectivity index (χ3n) is 5.57. The minimum atomic E-state index is -0.499. The molecule has 9 heteroatoms. The van der Waals surface area contributed by atoms with E-state index in [4.69, 9.17) is 16.2 Å². The van der Waals surface area contributed by atoms with Crippen LogP contribution >= 0.6 is 0 Å². The highest BCUT2D eigenvalue weighted by Gasteiger charge is 2.17. The number of rotatable bonds is 7. The average Bonchev–Trinajstić information content (AvgIpc) is 2.85. The van der Waals surface area contributed by atoms with E-state index in [1.54, 1.807) is 6.07 Å². The third kappa shape index (κ3) is 7.10. The van der Waals surface area contributed by atoms with Gasteiger partial charge in [-0.15, -0.1) is 0 Å². The zero-order valence-electron chi connectivity index (χ0n) is 20.0. The number of nitrogens with one attached hydrogen (secondary N) is 1. The lowest BCUT2D eigenvalue weighted by Gasteiger charge is -2.26. The summed E-state index contributed by atoms with van der Waals surface area (Å²) < 4.78 is 6.16. The van der Waals surface area contributed by atoms with Crippen molar-refractivity contribution in [1.82, 2.24) is 10.3 Å². The minimum Gasteiger partial charge on any atom is -0.754 e. The van der Waals surface area contributed by atoms with Gasteiger partial charge in [-0.1, -0.05) is 55.2 Å². The highest BCUT2D eigenvalue weighted by molar-refractivity contribution is 5.88. The first-order valence-corrected chi connectivity index (χ1v) is 11.8. The van der Waals surface area contributed by atoms with E-state index < -0.39 is 6.10 Å². The Hall–Kier alpha value is -3.30. The molecular weight excluding hydrogens is 432 g/mol. The number of ether oxygens (including phenoxy) is 1. The SMILES string of the molecule is CC(C)NCC(O)COc1cccc2ccccc12.Nc1cc(N2CCCCC2)nc(N)[n+]1[O-]. The van der Waals surface area contributed by atoms with E-state index in [9.17, 15) is 10.3 Å². The summed E-state index contributed by atoms with van der Waals surface area (Å²) in [4.78, 5) is 6.14. The van der Waals surface area contributed by atoms with Crippen molar-refractivity contribution < 1.29 is 14.6 Å². The number of hydrogen-bond acceptors (Lipinski definition) is 8. The summed E-state index contributed by atoms with van der Waals surface area (Å²) in [5.41, 5.74) is 11.0. The van der Waals surface area contributed by atoms with Crippen molar-refractivity contribution in [2.75, 3.05) is 42.6 Å². The van der Waals surface area contributed by atoms with Crippen molar-refractivity contribution in [2.45, 2.75) is 45.3 Å². The van der Waals surface area contributed by atoms with Gasteiger partial charge in [0.25, 0.3) is 0 Å². The van der Waals surface area contributed by atoms with E-state index in [1.165, 1.54) is 6.42 Å². The molecule has 0 aliphatic carbocycles. The fourth-order valence-corrected chi connectivity index (χ4v) is 3.74. The first kappa shape index (κ1) is 25.3. The van der Waals surface area contributed by atoms with Gasteiger partial charge in [0, 0.05) is 31.1 Å². The van der Waals surface area contributed by atoms with Crippen LogP contribution in [0.1, 0.15) is 33.1 Å². The van der Waals surface area contributed by atoms with Crippen LogP contribution in [0.5, 0.6) is 5.75 Å². The minimum absolute atomic E-state index is 0.0874. The molecule has 0 saturated carbocycles. The molecule has 2 aromatic carbocycles. The maximum absolute atomic E-state index is 11.2. The monoisotopic (exact) mass is 468 g/mol. The molecule has 1 saturated heterocycles. The predicted molar refractivity (Wildman–Crippen MR) is 137 cm³/mol. The maximum atomic E-state index is 11.2. The van der Waals surface area contributed by atoms with Crippen molar-refractivity contribution in [1.29, 1.82) is 0 Å². The summed E-state index contributed by atoms with van der Waals surface area (Å²) >= 11 is 0. The van der Waals surface area contributed by atoms with Crippen molar-refractivity contribution in [3.05, 3.63) is 53.7 Å². The predicted octanol–water partition coefficient (Wildman–Crippen LogP) is 2.45. The number of aliphatic hydroxyl groups excluding tert-OH is 1. The van der Waals surface area contributed by atoms with E-state index in [1.807, 2.05) is 30.3 Å². The van der Waals surface area contributed by atoms with Gasteiger partial charge in [0.1, 0.15) is 18.5 Å². The molecule has 1 aliphatic rings. The number of aromatic nitrogens is 2. The van der Waals surface area contributed by atoms with Crippen LogP contribution in [0.2, 0.25) is 0 Å². The molecule has 0 amide bonds. The van der Waals surface area contributed by atoms with Gasteiger partial charge in [-0.3, -0.25) is 0 Å². The van der Waals surface area contributed by atoms with Crippen LogP contribution in [0.15, 0.2) is 48.5 Å². The molecule has 34 heavy (non-hydrogen) atoms. The third-order valence-corrected chi connectivity index (χ3v) is 5.57. The summed E-state index contributed by atoms with van der Waals surface area (Å²) in [6, 6.07) is 16.0. The molecule has 1 aromatic heterocycles. The zero-order chi connectivity index (χ0) is 24.5. The van der Waals surface area contributed by atoms with Crippen molar-refractivity contribution in [3.63, 3.8) is 0 Å². The van der Waals surface area contributed by atoms with Gasteiger partial charge < -0.3 is 36.7 Å². The number of fused-ring (bicyclic) bond motifs is 1. The molecule has 0 spiro atoms. The molecule has 6 N–H and O–H groups in total. The highest BCUT2D eigenvalue weighted by atomic mass is 16.5. The van der Waals surface area contributed by atoms with Gasteiger partial charge in [-0.05, 0) is 30.7 Å². The Bertz CT molecular complexity index is 1030. The largest absolute Gasteiger partial charge is 0.754 e. The molecular formula is C25H36N6O3. The van der Waals surface area contributed by atoms with Gasteiger partial charge in [0.15, 0.2) is 11.6 Å². The van der Waals surface area contributed by atoms with Gasteiger partial charge in [0.2, 0.25) is 0 Å². The summed E-state index contributed by atoms with van der Waals surface area (Å²) in [6.45, 7) is 6.86. The van der Waals surface area contributed by atoms with E-state index in [2.05, 4.69) is 41.2 Å². The second kappa shape index (κ2) is 12.2. The Kier molecular flexibility index (Phi) is 9.12. The number of anilines is 3. The number of piperidine rings is 1. The molecule has 2 heterocycles. The molecule has 0 bridgehead atoms. The number of benzene rings is 2. The average molecular weight is 469 g/mol. The molecule has 1 fully saturated rings.